The van der Waals surface area contributed by atoms with Crippen molar-refractivity contribution in [3.63, 3.8) is 0 Å². The highest BCUT2D eigenvalue weighted by molar-refractivity contribution is 5.64. The number of primary amides is 1. The number of carbonyl (C=O) groups is 1. The molecule has 17 heavy (non-hydrogen) atoms. The topological polar surface area (TPSA) is 55.6 Å². The van der Waals surface area contributed by atoms with Crippen molar-refractivity contribution in [1.29, 1.82) is 0 Å². The number of nitrogens with two attached hydrogens (primary N) is 1. The Morgan fingerprint density at radius 3 is 2.53 bits per heavy atom. The van der Waals surface area contributed by atoms with E-state index in [0.29, 0.717) is 12.6 Å². The van der Waals surface area contributed by atoms with Crippen LogP contribution in [-0.2, 0) is 11.2 Å². The maximum Gasteiger partial charge on any atom is 0.404 e. The second-order valence-electron chi connectivity index (χ2n) is 4.26. The Balaban J connectivity index is 2.46. The van der Waals surface area contributed by atoms with Crippen LogP contribution in [0.4, 0.5) is 4.79 Å². The van der Waals surface area contributed by atoms with Crippen molar-refractivity contribution >= 4 is 6.09 Å². The highest BCUT2D eigenvalue weighted by Gasteiger charge is 2.12. The third-order valence-corrected chi connectivity index (χ3v) is 2.74. The van der Waals surface area contributed by atoms with Gasteiger partial charge in [0.1, 0.15) is 0 Å². The fourth-order valence-electron chi connectivity index (χ4n) is 1.72. The van der Waals surface area contributed by atoms with Crippen LogP contribution in [-0.4, -0.2) is 37.7 Å². The summed E-state index contributed by atoms with van der Waals surface area (Å²) in [5, 5.41) is 0. The lowest BCUT2D eigenvalue weighted by atomic mass is 10.0. The smallest absolute Gasteiger partial charge is 0.404 e. The maximum absolute atomic E-state index is 10.5. The molecule has 0 bridgehead atoms. The van der Waals surface area contributed by atoms with Crippen molar-refractivity contribution in [2.45, 2.75) is 18.9 Å². The molecule has 0 fully saturated rings. The number of amides is 1. The molecule has 1 amide bonds. The Labute approximate surface area is 102 Å². The summed E-state index contributed by atoms with van der Waals surface area (Å²) in [4.78, 5) is 12.6. The predicted octanol–water partition coefficient (Wildman–Crippen LogP) is 1.64. The van der Waals surface area contributed by atoms with Crippen LogP contribution in [0.2, 0.25) is 0 Å². The Bertz CT molecular complexity index is 339. The van der Waals surface area contributed by atoms with Crippen molar-refractivity contribution in [3.8, 4) is 0 Å². The summed E-state index contributed by atoms with van der Waals surface area (Å²) in [6, 6.07) is 10.6. The van der Waals surface area contributed by atoms with Crippen LogP contribution in [0.3, 0.4) is 0 Å². The summed E-state index contributed by atoms with van der Waals surface area (Å²) in [7, 11) is 4.05. The Morgan fingerprint density at radius 2 is 2.00 bits per heavy atom. The van der Waals surface area contributed by atoms with E-state index in [1.807, 2.05) is 32.3 Å². The standard InChI is InChI=1S/C13H20N2O2/c1-15(2)12(8-9-17-13(14)16)10-11-6-4-3-5-7-11/h3-7,12H,8-10H2,1-2H3,(H2,14,16)/t12-/m0/s1. The van der Waals surface area contributed by atoms with Gasteiger partial charge < -0.3 is 15.4 Å². The molecule has 0 aliphatic rings. The average Bonchev–Trinajstić information content (AvgIpc) is 2.28. The lowest BCUT2D eigenvalue weighted by Gasteiger charge is -2.24. The fraction of sp³-hybridized carbons (Fsp3) is 0.462. The third-order valence-electron chi connectivity index (χ3n) is 2.74. The van der Waals surface area contributed by atoms with E-state index >= 15 is 0 Å². The molecular formula is C13H20N2O2. The average molecular weight is 236 g/mol. The Hall–Kier alpha value is -1.55. The van der Waals surface area contributed by atoms with Gasteiger partial charge in [-0.2, -0.15) is 0 Å². The quantitative estimate of drug-likeness (QED) is 0.817. The van der Waals surface area contributed by atoms with Crippen LogP contribution in [0, 0.1) is 0 Å². The number of rotatable bonds is 6. The summed E-state index contributed by atoms with van der Waals surface area (Å²) in [6.07, 6.45) is 1.02. The van der Waals surface area contributed by atoms with E-state index in [2.05, 4.69) is 17.0 Å². The van der Waals surface area contributed by atoms with E-state index in [0.717, 1.165) is 12.8 Å². The molecule has 2 N–H and O–H groups in total. The second kappa shape index (κ2) is 6.91. The van der Waals surface area contributed by atoms with E-state index in [1.165, 1.54) is 5.56 Å². The highest BCUT2D eigenvalue weighted by atomic mass is 16.5. The number of nitrogens with zero attached hydrogens (tertiary/aromatic N) is 1. The molecule has 0 aliphatic carbocycles. The number of benzene rings is 1. The highest BCUT2D eigenvalue weighted by Crippen LogP contribution is 2.09. The first-order valence-corrected chi connectivity index (χ1v) is 5.72. The second-order valence-corrected chi connectivity index (χ2v) is 4.26. The monoisotopic (exact) mass is 236 g/mol. The summed E-state index contributed by atoms with van der Waals surface area (Å²) < 4.78 is 4.77. The molecule has 0 aliphatic heterocycles. The molecule has 0 aromatic heterocycles. The van der Waals surface area contributed by atoms with Crippen LogP contribution in [0.15, 0.2) is 30.3 Å². The number of ether oxygens (including phenoxy) is 1. The van der Waals surface area contributed by atoms with Gasteiger partial charge in [-0.3, -0.25) is 0 Å². The molecule has 0 saturated carbocycles. The number of likely N-dealkylation sites (N-methyl/N-ethyl adjacent to an activating group) is 1. The van der Waals surface area contributed by atoms with Gasteiger partial charge in [0.25, 0.3) is 0 Å². The summed E-state index contributed by atoms with van der Waals surface area (Å²) in [6.45, 7) is 0.366. The lowest BCUT2D eigenvalue weighted by Crippen LogP contribution is -2.32. The van der Waals surface area contributed by atoms with Gasteiger partial charge in [0.15, 0.2) is 0 Å². The van der Waals surface area contributed by atoms with Gasteiger partial charge in [-0.25, -0.2) is 4.79 Å². The van der Waals surface area contributed by atoms with Crippen molar-refractivity contribution in [2.24, 2.45) is 5.73 Å². The van der Waals surface area contributed by atoms with Gasteiger partial charge in [0.05, 0.1) is 6.61 Å². The molecule has 0 heterocycles. The van der Waals surface area contributed by atoms with Gasteiger partial charge in [0, 0.05) is 6.04 Å². The zero-order valence-corrected chi connectivity index (χ0v) is 10.4. The molecule has 1 aromatic rings. The molecule has 0 spiro atoms. The van der Waals surface area contributed by atoms with Crippen LogP contribution >= 0.6 is 0 Å². The Morgan fingerprint density at radius 1 is 1.35 bits per heavy atom. The normalized spacial score (nSPS) is 12.4. The minimum absolute atomic E-state index is 0.344. The molecule has 0 radical (unpaired) electrons. The molecule has 4 heteroatoms. The molecule has 0 unspecified atom stereocenters. The molecule has 94 valence electrons. The first kappa shape index (κ1) is 13.5. The molecule has 1 rings (SSSR count). The number of carbonyl (C=O) groups excluding carboxylic acids is 1. The first-order chi connectivity index (χ1) is 8.09. The third kappa shape index (κ3) is 5.36. The van der Waals surface area contributed by atoms with Gasteiger partial charge in [-0.1, -0.05) is 30.3 Å². The van der Waals surface area contributed by atoms with E-state index in [1.54, 1.807) is 0 Å². The number of hydrogen-bond acceptors (Lipinski definition) is 3. The molecule has 1 atom stereocenters. The fourth-order valence-corrected chi connectivity index (χ4v) is 1.72. The van der Waals surface area contributed by atoms with Gasteiger partial charge in [0.2, 0.25) is 0 Å². The van der Waals surface area contributed by atoms with E-state index in [4.69, 9.17) is 10.5 Å². The van der Waals surface area contributed by atoms with Gasteiger partial charge in [-0.05, 0) is 32.5 Å². The molecular weight excluding hydrogens is 216 g/mol. The lowest BCUT2D eigenvalue weighted by molar-refractivity contribution is 0.140. The van der Waals surface area contributed by atoms with Crippen molar-refractivity contribution < 1.29 is 9.53 Å². The van der Waals surface area contributed by atoms with Crippen molar-refractivity contribution in [1.82, 2.24) is 4.90 Å². The van der Waals surface area contributed by atoms with E-state index < -0.39 is 6.09 Å². The van der Waals surface area contributed by atoms with Crippen LogP contribution in [0.25, 0.3) is 0 Å². The summed E-state index contributed by atoms with van der Waals surface area (Å²) >= 11 is 0. The Kier molecular flexibility index (Phi) is 5.49. The molecule has 4 nitrogen and oxygen atoms in total. The van der Waals surface area contributed by atoms with Crippen LogP contribution < -0.4 is 5.73 Å². The number of hydrogen-bond donors (Lipinski definition) is 1. The minimum atomic E-state index is -0.706. The van der Waals surface area contributed by atoms with E-state index in [9.17, 15) is 4.79 Å². The largest absolute Gasteiger partial charge is 0.450 e. The van der Waals surface area contributed by atoms with Crippen molar-refractivity contribution in [3.05, 3.63) is 35.9 Å². The zero-order valence-electron chi connectivity index (χ0n) is 10.4. The minimum Gasteiger partial charge on any atom is -0.450 e. The molecule has 0 saturated heterocycles. The maximum atomic E-state index is 10.5. The molecule has 1 aromatic carbocycles. The van der Waals surface area contributed by atoms with E-state index in [-0.39, 0.29) is 0 Å². The van der Waals surface area contributed by atoms with Crippen molar-refractivity contribution in [2.75, 3.05) is 20.7 Å². The van der Waals surface area contributed by atoms with Gasteiger partial charge >= 0.3 is 6.09 Å². The van der Waals surface area contributed by atoms with Crippen LogP contribution in [0.5, 0.6) is 0 Å². The van der Waals surface area contributed by atoms with Crippen LogP contribution in [0.1, 0.15) is 12.0 Å². The zero-order chi connectivity index (χ0) is 12.7. The SMILES string of the molecule is CN(C)[C@@H](CCOC(N)=O)Cc1ccccc1. The van der Waals surface area contributed by atoms with Gasteiger partial charge in [-0.15, -0.1) is 0 Å². The predicted molar refractivity (Wildman–Crippen MR) is 67.8 cm³/mol. The first-order valence-electron chi connectivity index (χ1n) is 5.72. The summed E-state index contributed by atoms with van der Waals surface area (Å²) in [5.41, 5.74) is 6.22. The summed E-state index contributed by atoms with van der Waals surface area (Å²) in [5.74, 6) is 0.